The number of hydrogen-bond acceptors (Lipinski definition) is 2. The van der Waals surface area contributed by atoms with Crippen LogP contribution in [0.25, 0.3) is 0 Å². The molecule has 0 aliphatic carbocycles. The maximum absolute atomic E-state index is 12.8. The van der Waals surface area contributed by atoms with Crippen LogP contribution in [0.2, 0.25) is 0 Å². The fourth-order valence-electron chi connectivity index (χ4n) is 2.61. The molecule has 104 valence electrons. The number of piperazine rings is 1. The summed E-state index contributed by atoms with van der Waals surface area (Å²) in [5, 5.41) is 2.85. The third-order valence-electron chi connectivity index (χ3n) is 3.74. The van der Waals surface area contributed by atoms with Crippen LogP contribution in [0, 0.1) is 12.3 Å². The van der Waals surface area contributed by atoms with E-state index in [9.17, 15) is 9.59 Å². The van der Waals surface area contributed by atoms with E-state index in [0.29, 0.717) is 6.42 Å². The van der Waals surface area contributed by atoms with Crippen molar-refractivity contribution in [1.82, 2.24) is 10.2 Å². The molecule has 0 bridgehead atoms. The zero-order valence-electron chi connectivity index (χ0n) is 11.7. The van der Waals surface area contributed by atoms with Gasteiger partial charge in [0.15, 0.2) is 0 Å². The number of nitrogens with zero attached hydrogens (tertiary/aromatic N) is 1. The lowest BCUT2D eigenvalue weighted by Crippen LogP contribution is -2.67. The van der Waals surface area contributed by atoms with Crippen LogP contribution < -0.4 is 5.32 Å². The first-order valence-electron chi connectivity index (χ1n) is 6.66. The number of carbonyl (C=O) groups is 2. The van der Waals surface area contributed by atoms with Gasteiger partial charge in [0.2, 0.25) is 5.91 Å². The van der Waals surface area contributed by atoms with Gasteiger partial charge in [-0.15, -0.1) is 6.42 Å². The van der Waals surface area contributed by atoms with Crippen LogP contribution in [0.5, 0.6) is 0 Å². The molecular weight excluding hydrogens is 252 g/mol. The minimum Gasteiger partial charge on any atom is -0.336 e. The molecule has 1 fully saturated rings. The minimum atomic E-state index is -1.05. The number of hydrogen-bond donors (Lipinski definition) is 1. The molecule has 0 saturated carbocycles. The van der Waals surface area contributed by atoms with Crippen molar-refractivity contribution in [3.63, 3.8) is 0 Å². The number of benzene rings is 1. The van der Waals surface area contributed by atoms with Gasteiger partial charge < -0.3 is 10.2 Å². The van der Waals surface area contributed by atoms with E-state index in [1.807, 2.05) is 37.3 Å². The van der Waals surface area contributed by atoms with Gasteiger partial charge in [0.1, 0.15) is 11.6 Å². The molecule has 1 heterocycles. The van der Waals surface area contributed by atoms with E-state index in [2.05, 4.69) is 11.2 Å². The molecule has 2 unspecified atom stereocenters. The topological polar surface area (TPSA) is 49.4 Å². The summed E-state index contributed by atoms with van der Waals surface area (Å²) in [6, 6.07) is 8.73. The average Bonchev–Trinajstić information content (AvgIpc) is 2.46. The molecule has 2 amide bonds. The van der Waals surface area contributed by atoms with Gasteiger partial charge in [-0.2, -0.15) is 0 Å². The molecule has 1 aliphatic heterocycles. The Bertz CT molecular complexity index is 562. The van der Waals surface area contributed by atoms with Crippen molar-refractivity contribution in [2.45, 2.75) is 31.8 Å². The Labute approximate surface area is 119 Å². The van der Waals surface area contributed by atoms with Gasteiger partial charge in [-0.05, 0) is 18.9 Å². The Kier molecular flexibility index (Phi) is 3.80. The summed E-state index contributed by atoms with van der Waals surface area (Å²) in [6.45, 7) is 3.73. The lowest BCUT2D eigenvalue weighted by molar-refractivity contribution is -0.154. The lowest BCUT2D eigenvalue weighted by Gasteiger charge is -2.43. The van der Waals surface area contributed by atoms with E-state index in [1.165, 1.54) is 4.90 Å². The Hall–Kier alpha value is -2.28. The zero-order valence-corrected chi connectivity index (χ0v) is 11.7. The highest BCUT2D eigenvalue weighted by atomic mass is 16.2. The normalized spacial score (nSPS) is 26.1. The first kappa shape index (κ1) is 14.1. The minimum absolute atomic E-state index is 0.146. The molecule has 0 radical (unpaired) electrons. The summed E-state index contributed by atoms with van der Waals surface area (Å²) in [6.07, 6.45) is 5.88. The molecule has 0 aromatic heterocycles. The van der Waals surface area contributed by atoms with Crippen molar-refractivity contribution < 1.29 is 9.59 Å². The quantitative estimate of drug-likeness (QED) is 0.841. The second-order valence-corrected chi connectivity index (χ2v) is 5.04. The fraction of sp³-hybridized carbons (Fsp3) is 0.375. The summed E-state index contributed by atoms with van der Waals surface area (Å²) in [7, 11) is 0. The Morgan fingerprint density at radius 2 is 2.00 bits per heavy atom. The number of rotatable bonds is 3. The molecule has 2 rings (SSSR count). The van der Waals surface area contributed by atoms with E-state index >= 15 is 0 Å². The van der Waals surface area contributed by atoms with Crippen molar-refractivity contribution in [2.75, 3.05) is 6.54 Å². The first-order chi connectivity index (χ1) is 9.54. The molecule has 1 aromatic carbocycles. The standard InChI is InChI=1S/C16H18N2O2/c1-4-11-18-13(5-2)14(19)17-16(3,15(18)20)12-9-7-6-8-10-12/h1,6-10,13H,5,11H2,2-3H3,(H,17,19). The van der Waals surface area contributed by atoms with Crippen molar-refractivity contribution in [3.05, 3.63) is 35.9 Å². The highest BCUT2D eigenvalue weighted by molar-refractivity contribution is 6.00. The molecule has 1 N–H and O–H groups in total. The maximum Gasteiger partial charge on any atom is 0.254 e. The van der Waals surface area contributed by atoms with E-state index in [0.717, 1.165) is 5.56 Å². The van der Waals surface area contributed by atoms with Crippen LogP contribution >= 0.6 is 0 Å². The molecule has 0 spiro atoms. The molecule has 1 saturated heterocycles. The second kappa shape index (κ2) is 5.38. The summed E-state index contributed by atoms with van der Waals surface area (Å²) in [5.41, 5.74) is -0.296. The largest absolute Gasteiger partial charge is 0.336 e. The summed E-state index contributed by atoms with van der Waals surface area (Å²) in [5.74, 6) is 2.15. The van der Waals surface area contributed by atoms with E-state index < -0.39 is 11.6 Å². The average molecular weight is 270 g/mol. The van der Waals surface area contributed by atoms with E-state index in [1.54, 1.807) is 6.92 Å². The van der Waals surface area contributed by atoms with Crippen LogP contribution in [0.3, 0.4) is 0 Å². The Morgan fingerprint density at radius 3 is 2.55 bits per heavy atom. The third-order valence-corrected chi connectivity index (χ3v) is 3.74. The summed E-state index contributed by atoms with van der Waals surface area (Å²) < 4.78 is 0. The van der Waals surface area contributed by atoms with Gasteiger partial charge in [-0.1, -0.05) is 43.2 Å². The predicted octanol–water partition coefficient (Wildman–Crippen LogP) is 1.27. The number of amides is 2. The highest BCUT2D eigenvalue weighted by Gasteiger charge is 2.48. The second-order valence-electron chi connectivity index (χ2n) is 5.04. The van der Waals surface area contributed by atoms with Crippen LogP contribution in [0.15, 0.2) is 30.3 Å². The van der Waals surface area contributed by atoms with Crippen LogP contribution in [-0.2, 0) is 15.1 Å². The predicted molar refractivity (Wildman–Crippen MR) is 76.6 cm³/mol. The molecule has 20 heavy (non-hydrogen) atoms. The van der Waals surface area contributed by atoms with Crippen LogP contribution in [0.4, 0.5) is 0 Å². The molecular formula is C16H18N2O2. The van der Waals surface area contributed by atoms with Crippen LogP contribution in [-0.4, -0.2) is 29.3 Å². The summed E-state index contributed by atoms with van der Waals surface area (Å²) >= 11 is 0. The van der Waals surface area contributed by atoms with Crippen molar-refractivity contribution in [2.24, 2.45) is 0 Å². The van der Waals surface area contributed by atoms with Gasteiger partial charge in [0.25, 0.3) is 5.91 Å². The fourth-order valence-corrected chi connectivity index (χ4v) is 2.61. The van der Waals surface area contributed by atoms with Crippen molar-refractivity contribution >= 4 is 11.8 Å². The van der Waals surface area contributed by atoms with Gasteiger partial charge in [0.05, 0.1) is 6.54 Å². The van der Waals surface area contributed by atoms with E-state index in [4.69, 9.17) is 6.42 Å². The molecule has 4 nitrogen and oxygen atoms in total. The lowest BCUT2D eigenvalue weighted by atomic mass is 9.86. The number of carbonyl (C=O) groups excluding carboxylic acids is 2. The van der Waals surface area contributed by atoms with Gasteiger partial charge in [-0.3, -0.25) is 9.59 Å². The number of terminal acetylenes is 1. The van der Waals surface area contributed by atoms with Crippen molar-refractivity contribution in [1.29, 1.82) is 0 Å². The van der Waals surface area contributed by atoms with Gasteiger partial charge in [-0.25, -0.2) is 0 Å². The smallest absolute Gasteiger partial charge is 0.254 e. The van der Waals surface area contributed by atoms with E-state index in [-0.39, 0.29) is 18.4 Å². The summed E-state index contributed by atoms with van der Waals surface area (Å²) in [4.78, 5) is 26.5. The van der Waals surface area contributed by atoms with Gasteiger partial charge in [0, 0.05) is 0 Å². The molecule has 1 aliphatic rings. The molecule has 1 aromatic rings. The maximum atomic E-state index is 12.8. The number of nitrogens with one attached hydrogen (secondary N) is 1. The highest BCUT2D eigenvalue weighted by Crippen LogP contribution is 2.28. The third kappa shape index (κ3) is 2.16. The van der Waals surface area contributed by atoms with Crippen LogP contribution in [0.1, 0.15) is 25.8 Å². The van der Waals surface area contributed by atoms with Gasteiger partial charge >= 0.3 is 0 Å². The molecule has 2 atom stereocenters. The Morgan fingerprint density at radius 1 is 1.35 bits per heavy atom. The SMILES string of the molecule is C#CCN1C(=O)C(C)(c2ccccc2)NC(=O)C1CC. The zero-order chi connectivity index (χ0) is 14.8. The molecule has 4 heteroatoms. The monoisotopic (exact) mass is 270 g/mol. The first-order valence-corrected chi connectivity index (χ1v) is 6.66. The van der Waals surface area contributed by atoms with Crippen molar-refractivity contribution in [3.8, 4) is 12.3 Å². The Balaban J connectivity index is 2.44.